The molecular formula is C12H19N3O2S. The fraction of sp³-hybridized carbons (Fsp3) is 0.417. The van der Waals surface area contributed by atoms with E-state index in [1.807, 2.05) is 19.9 Å². The van der Waals surface area contributed by atoms with Crippen LogP contribution in [-0.2, 0) is 10.0 Å². The van der Waals surface area contributed by atoms with E-state index in [0.717, 1.165) is 0 Å². The highest BCUT2D eigenvalue weighted by molar-refractivity contribution is 7.89. The largest absolute Gasteiger partial charge is 0.386 e. The molecule has 6 heteroatoms. The second-order valence-corrected chi connectivity index (χ2v) is 6.39. The minimum Gasteiger partial charge on any atom is -0.386 e. The van der Waals surface area contributed by atoms with E-state index in [1.54, 1.807) is 24.3 Å². The molecule has 0 bridgehead atoms. The van der Waals surface area contributed by atoms with Crippen LogP contribution in [-0.4, -0.2) is 20.0 Å². The first-order valence-corrected chi connectivity index (χ1v) is 7.36. The smallest absolute Gasteiger partial charge is 0.212 e. The Balaban J connectivity index is 2.93. The van der Waals surface area contributed by atoms with Gasteiger partial charge in [-0.2, -0.15) is 0 Å². The first-order chi connectivity index (χ1) is 8.32. The van der Waals surface area contributed by atoms with Crippen molar-refractivity contribution in [1.29, 1.82) is 5.41 Å². The zero-order valence-corrected chi connectivity index (χ0v) is 11.4. The SMILES string of the molecule is CC(C)CS(=O)(=O)NC(C(=N)N)c1ccccc1. The molecule has 0 heterocycles. The molecule has 0 radical (unpaired) electrons. The van der Waals surface area contributed by atoms with Crippen LogP contribution < -0.4 is 10.5 Å². The van der Waals surface area contributed by atoms with Crippen molar-refractivity contribution in [2.45, 2.75) is 19.9 Å². The molecule has 0 aliphatic carbocycles. The average Bonchev–Trinajstić information content (AvgIpc) is 2.25. The molecule has 0 aromatic heterocycles. The number of hydrogen-bond acceptors (Lipinski definition) is 3. The van der Waals surface area contributed by atoms with Crippen LogP contribution >= 0.6 is 0 Å². The Kier molecular flexibility index (Phi) is 4.86. The Bertz CT molecular complexity index is 497. The third-order valence-corrected chi connectivity index (χ3v) is 3.99. The number of amidine groups is 1. The van der Waals surface area contributed by atoms with Gasteiger partial charge in [-0.3, -0.25) is 5.41 Å². The van der Waals surface area contributed by atoms with Gasteiger partial charge in [0.2, 0.25) is 10.0 Å². The summed E-state index contributed by atoms with van der Waals surface area (Å²) in [7, 11) is -3.44. The van der Waals surface area contributed by atoms with Gasteiger partial charge in [-0.15, -0.1) is 0 Å². The molecule has 0 spiro atoms. The van der Waals surface area contributed by atoms with Gasteiger partial charge in [-0.25, -0.2) is 13.1 Å². The third-order valence-electron chi connectivity index (χ3n) is 2.29. The molecule has 0 saturated carbocycles. The lowest BCUT2D eigenvalue weighted by atomic mass is 10.1. The van der Waals surface area contributed by atoms with E-state index in [2.05, 4.69) is 4.72 Å². The van der Waals surface area contributed by atoms with Gasteiger partial charge in [-0.1, -0.05) is 44.2 Å². The van der Waals surface area contributed by atoms with Crippen LogP contribution in [0.1, 0.15) is 25.5 Å². The minimum absolute atomic E-state index is 0.0175. The summed E-state index contributed by atoms with van der Waals surface area (Å²) in [5.74, 6) is -0.178. The summed E-state index contributed by atoms with van der Waals surface area (Å²) in [6.07, 6.45) is 0. The molecule has 0 aliphatic heterocycles. The summed E-state index contributed by atoms with van der Waals surface area (Å²) in [6, 6.07) is 8.07. The van der Waals surface area contributed by atoms with Crippen molar-refractivity contribution in [2.24, 2.45) is 11.7 Å². The molecule has 0 aliphatic rings. The first-order valence-electron chi connectivity index (χ1n) is 5.70. The Morgan fingerprint density at radius 3 is 2.33 bits per heavy atom. The van der Waals surface area contributed by atoms with Gasteiger partial charge < -0.3 is 5.73 Å². The summed E-state index contributed by atoms with van der Waals surface area (Å²) in [5, 5.41) is 7.50. The van der Waals surface area contributed by atoms with Gasteiger partial charge in [0, 0.05) is 0 Å². The van der Waals surface area contributed by atoms with Gasteiger partial charge in [0.25, 0.3) is 0 Å². The number of nitrogens with one attached hydrogen (secondary N) is 2. The van der Waals surface area contributed by atoms with Crippen LogP contribution in [0.4, 0.5) is 0 Å². The zero-order chi connectivity index (χ0) is 13.8. The molecule has 1 rings (SSSR count). The predicted molar refractivity (Wildman–Crippen MR) is 72.9 cm³/mol. The standard InChI is InChI=1S/C12H19N3O2S/c1-9(2)8-18(16,17)15-11(12(13)14)10-6-4-3-5-7-10/h3-7,9,11,15H,8H2,1-2H3,(H3,13,14). The summed E-state index contributed by atoms with van der Waals surface area (Å²) in [5.41, 5.74) is 6.13. The average molecular weight is 269 g/mol. The Labute approximate surface area is 108 Å². The van der Waals surface area contributed by atoms with Crippen molar-refractivity contribution in [3.63, 3.8) is 0 Å². The summed E-state index contributed by atoms with van der Waals surface area (Å²) >= 11 is 0. The van der Waals surface area contributed by atoms with E-state index in [9.17, 15) is 8.42 Å². The van der Waals surface area contributed by atoms with Crippen LogP contribution in [0.3, 0.4) is 0 Å². The van der Waals surface area contributed by atoms with Gasteiger partial charge in [-0.05, 0) is 11.5 Å². The quantitative estimate of drug-likeness (QED) is 0.535. The normalized spacial score (nSPS) is 13.5. The van der Waals surface area contributed by atoms with E-state index in [4.69, 9.17) is 11.1 Å². The maximum absolute atomic E-state index is 11.9. The Morgan fingerprint density at radius 1 is 1.33 bits per heavy atom. The number of rotatable bonds is 6. The van der Waals surface area contributed by atoms with Crippen LogP contribution in [0.5, 0.6) is 0 Å². The van der Waals surface area contributed by atoms with Gasteiger partial charge in [0.1, 0.15) is 11.9 Å². The fourth-order valence-corrected chi connectivity index (χ4v) is 3.22. The summed E-state index contributed by atoms with van der Waals surface area (Å²) in [6.45, 7) is 3.65. The van der Waals surface area contributed by atoms with Crippen LogP contribution in [0.15, 0.2) is 30.3 Å². The fourth-order valence-electron chi connectivity index (χ4n) is 1.62. The molecule has 1 aromatic carbocycles. The van der Waals surface area contributed by atoms with Gasteiger partial charge in [0.15, 0.2) is 0 Å². The number of benzene rings is 1. The molecule has 18 heavy (non-hydrogen) atoms. The molecule has 5 nitrogen and oxygen atoms in total. The maximum Gasteiger partial charge on any atom is 0.212 e. The maximum atomic E-state index is 11.9. The second-order valence-electron chi connectivity index (χ2n) is 4.59. The number of sulfonamides is 1. The Hall–Kier alpha value is -1.40. The van der Waals surface area contributed by atoms with Gasteiger partial charge in [0.05, 0.1) is 5.75 Å². The van der Waals surface area contributed by atoms with E-state index < -0.39 is 16.1 Å². The molecule has 1 atom stereocenters. The van der Waals surface area contributed by atoms with Crippen molar-refractivity contribution in [1.82, 2.24) is 4.72 Å². The summed E-state index contributed by atoms with van der Waals surface area (Å²) in [4.78, 5) is 0. The highest BCUT2D eigenvalue weighted by Gasteiger charge is 2.22. The molecule has 100 valence electrons. The van der Waals surface area contributed by atoms with Crippen molar-refractivity contribution >= 4 is 15.9 Å². The predicted octanol–water partition coefficient (Wildman–Crippen LogP) is 1.24. The highest BCUT2D eigenvalue weighted by atomic mass is 32.2. The zero-order valence-electron chi connectivity index (χ0n) is 10.6. The van der Waals surface area contributed by atoms with E-state index in [-0.39, 0.29) is 17.5 Å². The molecule has 0 saturated heterocycles. The third kappa shape index (κ3) is 4.46. The molecule has 0 amide bonds. The van der Waals surface area contributed by atoms with E-state index >= 15 is 0 Å². The van der Waals surface area contributed by atoms with Crippen molar-refractivity contribution in [3.8, 4) is 0 Å². The molecule has 1 aromatic rings. The van der Waals surface area contributed by atoms with E-state index in [1.165, 1.54) is 0 Å². The first kappa shape index (κ1) is 14.7. The summed E-state index contributed by atoms with van der Waals surface area (Å²) < 4.78 is 26.2. The molecule has 0 fully saturated rings. The molecule has 1 unspecified atom stereocenters. The number of nitrogens with two attached hydrogens (primary N) is 1. The topological polar surface area (TPSA) is 96.0 Å². The van der Waals surface area contributed by atoms with Crippen LogP contribution in [0.25, 0.3) is 0 Å². The molecule has 4 N–H and O–H groups in total. The highest BCUT2D eigenvalue weighted by Crippen LogP contribution is 2.14. The van der Waals surface area contributed by atoms with Crippen LogP contribution in [0, 0.1) is 11.3 Å². The Morgan fingerprint density at radius 2 is 1.89 bits per heavy atom. The lowest BCUT2D eigenvalue weighted by Gasteiger charge is -2.18. The van der Waals surface area contributed by atoms with Crippen LogP contribution in [0.2, 0.25) is 0 Å². The minimum atomic E-state index is -3.44. The number of hydrogen-bond donors (Lipinski definition) is 3. The van der Waals surface area contributed by atoms with Gasteiger partial charge >= 0.3 is 0 Å². The van der Waals surface area contributed by atoms with Crippen molar-refractivity contribution < 1.29 is 8.42 Å². The van der Waals surface area contributed by atoms with Crippen molar-refractivity contribution in [3.05, 3.63) is 35.9 Å². The second kappa shape index (κ2) is 5.97. The molecular weight excluding hydrogens is 250 g/mol. The lowest BCUT2D eigenvalue weighted by molar-refractivity contribution is 0.563. The van der Waals surface area contributed by atoms with E-state index in [0.29, 0.717) is 5.56 Å². The monoisotopic (exact) mass is 269 g/mol. The lowest BCUT2D eigenvalue weighted by Crippen LogP contribution is -2.39. The van der Waals surface area contributed by atoms with Crippen molar-refractivity contribution in [2.75, 3.05) is 5.75 Å².